The second-order valence-electron chi connectivity index (χ2n) is 4.25. The topological polar surface area (TPSA) is 68.1 Å². The van der Waals surface area contributed by atoms with Crippen molar-refractivity contribution in [2.75, 3.05) is 5.32 Å². The molecule has 0 spiro atoms. The maximum absolute atomic E-state index is 11.1. The molecule has 1 aromatic carbocycles. The van der Waals surface area contributed by atoms with Crippen molar-refractivity contribution in [2.24, 2.45) is 0 Å². The average molecular weight is 255 g/mol. The van der Waals surface area contributed by atoms with Gasteiger partial charge in [0, 0.05) is 17.8 Å². The fourth-order valence-electron chi connectivity index (χ4n) is 1.90. The van der Waals surface area contributed by atoms with Gasteiger partial charge in [0.05, 0.1) is 10.4 Å². The highest BCUT2D eigenvalue weighted by Crippen LogP contribution is 2.31. The number of nitro groups is 1. The summed E-state index contributed by atoms with van der Waals surface area (Å²) in [5.74, 6) is 2.54. The summed E-state index contributed by atoms with van der Waals surface area (Å²) in [7, 11) is 0. The first-order chi connectivity index (χ1) is 9.13. The lowest BCUT2D eigenvalue weighted by atomic mass is 10.1. The van der Waals surface area contributed by atoms with Crippen LogP contribution in [-0.4, -0.2) is 15.9 Å². The van der Waals surface area contributed by atoms with Crippen LogP contribution in [0.25, 0.3) is 10.9 Å². The molecule has 5 heteroatoms. The van der Waals surface area contributed by atoms with Crippen molar-refractivity contribution in [3.05, 3.63) is 40.6 Å². The van der Waals surface area contributed by atoms with E-state index in [4.69, 9.17) is 6.42 Å². The van der Waals surface area contributed by atoms with Crippen LogP contribution in [0, 0.1) is 22.5 Å². The number of nitrogens with zero attached hydrogens (tertiary/aromatic N) is 2. The van der Waals surface area contributed by atoms with Crippen molar-refractivity contribution in [1.82, 2.24) is 4.98 Å². The van der Waals surface area contributed by atoms with Crippen LogP contribution in [0.1, 0.15) is 13.3 Å². The third kappa shape index (κ3) is 2.63. The molecule has 0 saturated carbocycles. The number of rotatable bonds is 4. The number of aromatic nitrogens is 1. The number of nitrogens with one attached hydrogen (secondary N) is 1. The van der Waals surface area contributed by atoms with Gasteiger partial charge >= 0.3 is 5.69 Å². The molecule has 1 unspecified atom stereocenters. The lowest BCUT2D eigenvalue weighted by Gasteiger charge is -2.14. The summed E-state index contributed by atoms with van der Waals surface area (Å²) in [5.41, 5.74) is 1.14. The number of hydrogen-bond donors (Lipinski definition) is 1. The first kappa shape index (κ1) is 12.8. The van der Waals surface area contributed by atoms with Gasteiger partial charge in [-0.3, -0.25) is 10.1 Å². The molecule has 1 heterocycles. The lowest BCUT2D eigenvalue weighted by Crippen LogP contribution is -2.15. The third-order valence-electron chi connectivity index (χ3n) is 2.77. The van der Waals surface area contributed by atoms with Crippen LogP contribution in [-0.2, 0) is 0 Å². The largest absolute Gasteiger partial charge is 0.375 e. The number of terminal acetylenes is 1. The van der Waals surface area contributed by atoms with Crippen molar-refractivity contribution in [1.29, 1.82) is 0 Å². The fraction of sp³-hybridized carbons (Fsp3) is 0.214. The van der Waals surface area contributed by atoms with Gasteiger partial charge in [0.2, 0.25) is 0 Å². The Kier molecular flexibility index (Phi) is 3.62. The van der Waals surface area contributed by atoms with Crippen LogP contribution < -0.4 is 5.32 Å². The standard InChI is InChI=1S/C14H13N3O2/c1-3-6-10(2)16-14-11-7-4-5-8-12(11)15-9-13(14)17(18)19/h1,4-5,7-10H,6H2,2H3,(H,15,16). The predicted molar refractivity (Wildman–Crippen MR) is 74.9 cm³/mol. The van der Waals surface area contributed by atoms with Crippen molar-refractivity contribution >= 4 is 22.3 Å². The Morgan fingerprint density at radius 1 is 1.53 bits per heavy atom. The zero-order valence-electron chi connectivity index (χ0n) is 10.5. The van der Waals surface area contributed by atoms with E-state index in [9.17, 15) is 10.1 Å². The van der Waals surface area contributed by atoms with Crippen molar-refractivity contribution < 1.29 is 4.92 Å². The molecule has 2 aromatic rings. The van der Waals surface area contributed by atoms with Gasteiger partial charge in [-0.25, -0.2) is 4.98 Å². The Hall–Kier alpha value is -2.61. The van der Waals surface area contributed by atoms with E-state index in [1.807, 2.05) is 25.1 Å². The monoisotopic (exact) mass is 255 g/mol. The molecule has 0 amide bonds. The summed E-state index contributed by atoms with van der Waals surface area (Å²) < 4.78 is 0. The molecular weight excluding hydrogens is 242 g/mol. The molecule has 2 rings (SSSR count). The predicted octanol–water partition coefficient (Wildman–Crippen LogP) is 2.97. The second-order valence-corrected chi connectivity index (χ2v) is 4.25. The fourth-order valence-corrected chi connectivity index (χ4v) is 1.90. The zero-order chi connectivity index (χ0) is 13.8. The first-order valence-corrected chi connectivity index (χ1v) is 5.85. The van der Waals surface area contributed by atoms with E-state index >= 15 is 0 Å². The molecule has 1 N–H and O–H groups in total. The molecule has 0 aliphatic carbocycles. The minimum atomic E-state index is -0.440. The normalized spacial score (nSPS) is 11.8. The Bertz CT molecular complexity index is 661. The molecule has 0 radical (unpaired) electrons. The molecule has 19 heavy (non-hydrogen) atoms. The number of pyridine rings is 1. The minimum absolute atomic E-state index is 0.0393. The van der Waals surface area contributed by atoms with Crippen LogP contribution in [0.3, 0.4) is 0 Å². The van der Waals surface area contributed by atoms with E-state index < -0.39 is 4.92 Å². The number of benzene rings is 1. The molecule has 1 atom stereocenters. The molecule has 0 aliphatic rings. The number of para-hydroxylation sites is 1. The molecule has 5 nitrogen and oxygen atoms in total. The van der Waals surface area contributed by atoms with Crippen LogP contribution >= 0.6 is 0 Å². The van der Waals surface area contributed by atoms with Crippen LogP contribution in [0.15, 0.2) is 30.5 Å². The smallest absolute Gasteiger partial charge is 0.311 e. The van der Waals surface area contributed by atoms with Crippen molar-refractivity contribution in [2.45, 2.75) is 19.4 Å². The molecule has 1 aromatic heterocycles. The summed E-state index contributed by atoms with van der Waals surface area (Å²) in [6.07, 6.45) is 7.02. The number of hydrogen-bond acceptors (Lipinski definition) is 4. The molecule has 0 bridgehead atoms. The maximum Gasteiger partial charge on any atom is 0.311 e. The van der Waals surface area contributed by atoms with E-state index in [0.717, 1.165) is 5.39 Å². The third-order valence-corrected chi connectivity index (χ3v) is 2.77. The summed E-state index contributed by atoms with van der Waals surface area (Å²) in [5, 5.41) is 14.9. The van der Waals surface area contributed by atoms with Gasteiger partial charge in [-0.15, -0.1) is 12.3 Å². The van der Waals surface area contributed by atoms with Gasteiger partial charge < -0.3 is 5.32 Å². The van der Waals surface area contributed by atoms with Crippen LogP contribution in [0.2, 0.25) is 0 Å². The highest BCUT2D eigenvalue weighted by molar-refractivity contribution is 5.95. The van der Waals surface area contributed by atoms with Gasteiger partial charge in [0.1, 0.15) is 11.9 Å². The van der Waals surface area contributed by atoms with Crippen molar-refractivity contribution in [3.8, 4) is 12.3 Å². The maximum atomic E-state index is 11.1. The summed E-state index contributed by atoms with van der Waals surface area (Å²) >= 11 is 0. The second kappa shape index (κ2) is 5.36. The molecular formula is C14H13N3O2. The van der Waals surface area contributed by atoms with Crippen LogP contribution in [0.5, 0.6) is 0 Å². The summed E-state index contributed by atoms with van der Waals surface area (Å²) in [6, 6.07) is 7.24. The zero-order valence-corrected chi connectivity index (χ0v) is 10.5. The Morgan fingerprint density at radius 3 is 2.95 bits per heavy atom. The summed E-state index contributed by atoms with van der Waals surface area (Å²) in [6.45, 7) is 1.89. The summed E-state index contributed by atoms with van der Waals surface area (Å²) in [4.78, 5) is 14.7. The van der Waals surface area contributed by atoms with Crippen molar-refractivity contribution in [3.63, 3.8) is 0 Å². The van der Waals surface area contributed by atoms with Gasteiger partial charge in [-0.2, -0.15) is 0 Å². The number of fused-ring (bicyclic) bond motifs is 1. The Morgan fingerprint density at radius 2 is 2.26 bits per heavy atom. The van der Waals surface area contributed by atoms with E-state index in [0.29, 0.717) is 17.6 Å². The SMILES string of the molecule is C#CCC(C)Nc1c([N+](=O)[O-])cnc2ccccc12. The number of anilines is 1. The Labute approximate surface area is 110 Å². The van der Waals surface area contributed by atoms with E-state index in [1.165, 1.54) is 6.20 Å². The highest BCUT2D eigenvalue weighted by Gasteiger charge is 2.18. The Balaban J connectivity index is 2.56. The van der Waals surface area contributed by atoms with Gasteiger partial charge in [-0.05, 0) is 13.0 Å². The van der Waals surface area contributed by atoms with E-state index in [2.05, 4.69) is 16.2 Å². The lowest BCUT2D eigenvalue weighted by molar-refractivity contribution is -0.384. The average Bonchev–Trinajstić information content (AvgIpc) is 2.39. The van der Waals surface area contributed by atoms with Gasteiger partial charge in [-0.1, -0.05) is 18.2 Å². The van der Waals surface area contributed by atoms with Gasteiger partial charge in [0.15, 0.2) is 0 Å². The molecule has 0 fully saturated rings. The van der Waals surface area contributed by atoms with Gasteiger partial charge in [0.25, 0.3) is 0 Å². The highest BCUT2D eigenvalue weighted by atomic mass is 16.6. The molecule has 96 valence electrons. The quantitative estimate of drug-likeness (QED) is 0.518. The molecule has 0 aliphatic heterocycles. The molecule has 0 saturated heterocycles. The van der Waals surface area contributed by atoms with E-state index in [1.54, 1.807) is 6.07 Å². The minimum Gasteiger partial charge on any atom is -0.375 e. The van der Waals surface area contributed by atoms with Crippen LogP contribution in [0.4, 0.5) is 11.4 Å². The first-order valence-electron chi connectivity index (χ1n) is 5.85. The van der Waals surface area contributed by atoms with E-state index in [-0.39, 0.29) is 11.7 Å².